The van der Waals surface area contributed by atoms with E-state index >= 15 is 0 Å². The first-order valence-corrected chi connectivity index (χ1v) is 10.3. The van der Waals surface area contributed by atoms with Gasteiger partial charge in [-0.2, -0.15) is 0 Å². The van der Waals surface area contributed by atoms with E-state index in [-0.39, 0.29) is 11.8 Å². The Labute approximate surface area is 191 Å². The summed E-state index contributed by atoms with van der Waals surface area (Å²) in [4.78, 5) is 60.0. The largest absolute Gasteiger partial charge is 0.480 e. The van der Waals surface area contributed by atoms with Crippen LogP contribution < -0.4 is 5.32 Å². The maximum Gasteiger partial charge on any atom is 0.317 e. The maximum atomic E-state index is 12.4. The number of aliphatic carboxylic acids is 4. The van der Waals surface area contributed by atoms with Gasteiger partial charge in [0.15, 0.2) is 0 Å². The monoisotopic (exact) mass is 517 g/mol. The number of hydrogen-bond donors (Lipinski definition) is 5. The van der Waals surface area contributed by atoms with Crippen molar-refractivity contribution >= 4 is 45.7 Å². The second-order valence-corrected chi connectivity index (χ2v) is 7.51. The van der Waals surface area contributed by atoms with Crippen molar-refractivity contribution in [3.8, 4) is 0 Å². The predicted molar refractivity (Wildman–Crippen MR) is 113 cm³/mol. The van der Waals surface area contributed by atoms with Crippen molar-refractivity contribution in [3.05, 3.63) is 35.9 Å². The van der Waals surface area contributed by atoms with E-state index in [0.717, 1.165) is 9.80 Å². The van der Waals surface area contributed by atoms with E-state index in [1.54, 1.807) is 30.3 Å². The first kappa shape index (κ1) is 27.0. The van der Waals surface area contributed by atoms with E-state index in [4.69, 9.17) is 0 Å². The zero-order valence-electron chi connectivity index (χ0n) is 16.9. The van der Waals surface area contributed by atoms with Crippen LogP contribution in [0.1, 0.15) is 5.56 Å². The zero-order valence-corrected chi connectivity index (χ0v) is 18.5. The van der Waals surface area contributed by atoms with Gasteiger partial charge in [0.2, 0.25) is 5.91 Å². The van der Waals surface area contributed by atoms with Gasteiger partial charge in [0.05, 0.1) is 31.5 Å². The summed E-state index contributed by atoms with van der Waals surface area (Å²) < 4.78 is 0. The molecule has 0 aliphatic rings. The van der Waals surface area contributed by atoms with E-state index in [1.165, 1.54) is 0 Å². The number of carboxylic acids is 4. The number of hydrogen-bond acceptors (Lipinski definition) is 7. The van der Waals surface area contributed by atoms with Gasteiger partial charge in [-0.15, -0.1) is 0 Å². The highest BCUT2D eigenvalue weighted by Crippen LogP contribution is 2.22. The SMILES string of the molecule is O=C(O)CN(CC(=O)O)CC(Cc1ccccc1)(NC(=O)CBr)N(CC(=O)O)CC(=O)O. The normalized spacial score (nSPS) is 12.8. The molecular formula is C19H24BrN3O9. The van der Waals surface area contributed by atoms with E-state index in [9.17, 15) is 44.4 Å². The summed E-state index contributed by atoms with van der Waals surface area (Å²) in [5.41, 5.74) is -1.18. The number of carbonyl (C=O) groups excluding carboxylic acids is 1. The minimum absolute atomic E-state index is 0.122. The lowest BCUT2D eigenvalue weighted by molar-refractivity contribution is -0.151. The third kappa shape index (κ3) is 9.41. The number of amides is 1. The number of nitrogens with one attached hydrogen (secondary N) is 1. The second-order valence-electron chi connectivity index (χ2n) is 6.95. The highest BCUT2D eigenvalue weighted by Gasteiger charge is 2.42. The van der Waals surface area contributed by atoms with Crippen LogP contribution >= 0.6 is 15.9 Å². The quantitative estimate of drug-likeness (QED) is 0.147. The summed E-state index contributed by atoms with van der Waals surface area (Å²) in [6, 6.07) is 8.39. The molecule has 0 aromatic heterocycles. The molecule has 13 heteroatoms. The van der Waals surface area contributed by atoms with Crippen molar-refractivity contribution in [1.29, 1.82) is 0 Å². The molecule has 5 N–H and O–H groups in total. The number of carboxylic acid groups (broad SMARTS) is 4. The molecule has 1 rings (SSSR count). The Morgan fingerprint density at radius 3 is 1.69 bits per heavy atom. The minimum atomic E-state index is -1.76. The van der Waals surface area contributed by atoms with E-state index in [2.05, 4.69) is 21.2 Å². The van der Waals surface area contributed by atoms with Crippen LogP contribution in [0.5, 0.6) is 0 Å². The third-order valence-corrected chi connectivity index (χ3v) is 4.80. The molecular weight excluding hydrogens is 494 g/mol. The van der Waals surface area contributed by atoms with Gasteiger partial charge in [-0.05, 0) is 5.56 Å². The highest BCUT2D eigenvalue weighted by atomic mass is 79.9. The van der Waals surface area contributed by atoms with Crippen molar-refractivity contribution < 1.29 is 44.4 Å². The molecule has 0 aliphatic carbocycles. The third-order valence-electron chi connectivity index (χ3n) is 4.29. The van der Waals surface area contributed by atoms with Crippen LogP contribution in [-0.4, -0.2) is 104 Å². The molecule has 1 unspecified atom stereocenters. The smallest absolute Gasteiger partial charge is 0.317 e. The van der Waals surface area contributed by atoms with Gasteiger partial charge in [0.1, 0.15) is 5.66 Å². The molecule has 1 aromatic carbocycles. The topological polar surface area (TPSA) is 185 Å². The van der Waals surface area contributed by atoms with Crippen LogP contribution in [0, 0.1) is 0 Å². The van der Waals surface area contributed by atoms with Crippen molar-refractivity contribution in [3.63, 3.8) is 0 Å². The lowest BCUT2D eigenvalue weighted by atomic mass is 9.95. The van der Waals surface area contributed by atoms with Crippen LogP contribution in [0.2, 0.25) is 0 Å². The van der Waals surface area contributed by atoms with Gasteiger partial charge in [-0.3, -0.25) is 33.8 Å². The Morgan fingerprint density at radius 1 is 0.812 bits per heavy atom. The summed E-state index contributed by atoms with van der Waals surface area (Å²) in [6.45, 7) is -3.56. The zero-order chi connectivity index (χ0) is 24.3. The summed E-state index contributed by atoms with van der Waals surface area (Å²) in [5, 5.41) is 39.6. The fourth-order valence-corrected chi connectivity index (χ4v) is 3.40. The fourth-order valence-electron chi connectivity index (χ4n) is 3.26. The first-order chi connectivity index (χ1) is 15.0. The average Bonchev–Trinajstić information content (AvgIpc) is 2.66. The summed E-state index contributed by atoms with van der Waals surface area (Å²) in [5.74, 6) is -6.11. The summed E-state index contributed by atoms with van der Waals surface area (Å²) >= 11 is 2.99. The van der Waals surface area contributed by atoms with Crippen LogP contribution in [0.4, 0.5) is 0 Å². The molecule has 0 saturated heterocycles. The summed E-state index contributed by atoms with van der Waals surface area (Å²) in [7, 11) is 0. The molecule has 176 valence electrons. The van der Waals surface area contributed by atoms with Gasteiger partial charge < -0.3 is 25.7 Å². The standard InChI is InChI=1S/C19H24BrN3O9/c20-7-14(24)21-19(6-13-4-2-1-3-5-13,23(10-17(29)30)11-18(31)32)12-22(8-15(25)26)9-16(27)28/h1-5H,6-12H2,(H,21,24)(H,25,26)(H,27,28)(H,29,30)(H,31,32). The molecule has 0 saturated carbocycles. The van der Waals surface area contributed by atoms with E-state index in [1.807, 2.05) is 0 Å². The molecule has 1 atom stereocenters. The molecule has 0 aliphatic heterocycles. The van der Waals surface area contributed by atoms with Crippen LogP contribution in [0.25, 0.3) is 0 Å². The van der Waals surface area contributed by atoms with Crippen molar-refractivity contribution in [2.24, 2.45) is 0 Å². The van der Waals surface area contributed by atoms with Gasteiger partial charge in [0.25, 0.3) is 0 Å². The highest BCUT2D eigenvalue weighted by molar-refractivity contribution is 9.09. The molecule has 0 heterocycles. The lowest BCUT2D eigenvalue weighted by Gasteiger charge is -2.45. The molecule has 12 nitrogen and oxygen atoms in total. The Morgan fingerprint density at radius 2 is 1.28 bits per heavy atom. The molecule has 0 fully saturated rings. The van der Waals surface area contributed by atoms with Gasteiger partial charge >= 0.3 is 23.9 Å². The Hall–Kier alpha value is -3.03. The Bertz CT molecular complexity index is 805. The van der Waals surface area contributed by atoms with Gasteiger partial charge in [-0.1, -0.05) is 46.3 Å². The Balaban J connectivity index is 3.63. The molecule has 1 amide bonds. The molecule has 32 heavy (non-hydrogen) atoms. The number of benzene rings is 1. The average molecular weight is 518 g/mol. The van der Waals surface area contributed by atoms with Crippen molar-refractivity contribution in [2.75, 3.05) is 38.1 Å². The second kappa shape index (κ2) is 12.7. The van der Waals surface area contributed by atoms with E-state index in [0.29, 0.717) is 5.56 Å². The van der Waals surface area contributed by atoms with Crippen LogP contribution in [0.3, 0.4) is 0 Å². The maximum absolute atomic E-state index is 12.4. The predicted octanol–water partition coefficient (Wildman–Crippen LogP) is -0.621. The van der Waals surface area contributed by atoms with Crippen LogP contribution in [0.15, 0.2) is 30.3 Å². The molecule has 0 bridgehead atoms. The molecule has 1 aromatic rings. The van der Waals surface area contributed by atoms with Crippen LogP contribution in [-0.2, 0) is 30.4 Å². The first-order valence-electron chi connectivity index (χ1n) is 9.23. The molecule has 0 radical (unpaired) electrons. The number of nitrogens with zero attached hydrogens (tertiary/aromatic N) is 2. The molecule has 0 spiro atoms. The number of carbonyl (C=O) groups is 5. The number of halogens is 1. The van der Waals surface area contributed by atoms with Crippen molar-refractivity contribution in [2.45, 2.75) is 12.1 Å². The van der Waals surface area contributed by atoms with Gasteiger partial charge in [0, 0.05) is 13.0 Å². The number of rotatable bonds is 15. The van der Waals surface area contributed by atoms with Crippen molar-refractivity contribution in [1.82, 2.24) is 15.1 Å². The Kier molecular flexibility index (Phi) is 10.7. The number of alkyl halides is 1. The van der Waals surface area contributed by atoms with E-state index < -0.39 is 68.2 Å². The lowest BCUT2D eigenvalue weighted by Crippen LogP contribution is -2.69. The van der Waals surface area contributed by atoms with Gasteiger partial charge in [-0.25, -0.2) is 0 Å². The summed E-state index contributed by atoms with van der Waals surface area (Å²) in [6.07, 6.45) is -0.122. The minimum Gasteiger partial charge on any atom is -0.480 e. The fraction of sp³-hybridized carbons (Fsp3) is 0.421.